The number of hydrogen-bond donors (Lipinski definition) is 1. The standard InChI is InChI=1S/C10H11ClN2/c1-2-6-10(11)13-12-9-7-4-3-5-8-9/h2-5,7-8,12H,1,6H2/b13-10-. The second kappa shape index (κ2) is 5.38. The number of hydrogen-bond acceptors (Lipinski definition) is 2. The van der Waals surface area contributed by atoms with Crippen LogP contribution in [0.2, 0.25) is 0 Å². The topological polar surface area (TPSA) is 24.4 Å². The van der Waals surface area contributed by atoms with Gasteiger partial charge in [-0.15, -0.1) is 6.58 Å². The van der Waals surface area contributed by atoms with Crippen LogP contribution in [0.15, 0.2) is 48.1 Å². The van der Waals surface area contributed by atoms with Crippen molar-refractivity contribution in [2.24, 2.45) is 5.10 Å². The van der Waals surface area contributed by atoms with E-state index in [9.17, 15) is 0 Å². The summed E-state index contributed by atoms with van der Waals surface area (Å²) >= 11 is 5.75. The van der Waals surface area contributed by atoms with Gasteiger partial charge in [-0.2, -0.15) is 5.10 Å². The highest BCUT2D eigenvalue weighted by Crippen LogP contribution is 2.05. The molecular weight excluding hydrogens is 184 g/mol. The Kier molecular flexibility index (Phi) is 4.06. The van der Waals surface area contributed by atoms with Gasteiger partial charge in [0.2, 0.25) is 0 Å². The van der Waals surface area contributed by atoms with Gasteiger partial charge in [-0.3, -0.25) is 5.43 Å². The second-order valence-electron chi connectivity index (χ2n) is 2.46. The van der Waals surface area contributed by atoms with Gasteiger partial charge in [0.05, 0.1) is 5.69 Å². The van der Waals surface area contributed by atoms with E-state index in [-0.39, 0.29) is 0 Å². The molecule has 3 heteroatoms. The Hall–Kier alpha value is -1.28. The van der Waals surface area contributed by atoms with E-state index in [1.54, 1.807) is 6.08 Å². The predicted octanol–water partition coefficient (Wildman–Crippen LogP) is 3.23. The first-order valence-electron chi connectivity index (χ1n) is 3.97. The van der Waals surface area contributed by atoms with E-state index in [4.69, 9.17) is 11.6 Å². The minimum atomic E-state index is 0.499. The summed E-state index contributed by atoms with van der Waals surface area (Å²) in [6.07, 6.45) is 2.29. The van der Waals surface area contributed by atoms with Crippen LogP contribution in [0.25, 0.3) is 0 Å². The summed E-state index contributed by atoms with van der Waals surface area (Å²) in [7, 11) is 0. The van der Waals surface area contributed by atoms with Gasteiger partial charge in [-0.1, -0.05) is 35.9 Å². The minimum Gasteiger partial charge on any atom is -0.277 e. The van der Waals surface area contributed by atoms with E-state index in [0.29, 0.717) is 11.6 Å². The largest absolute Gasteiger partial charge is 0.277 e. The van der Waals surface area contributed by atoms with Gasteiger partial charge in [0.1, 0.15) is 5.17 Å². The molecule has 0 saturated heterocycles. The highest BCUT2D eigenvalue weighted by molar-refractivity contribution is 6.65. The third-order valence-electron chi connectivity index (χ3n) is 1.39. The number of nitrogens with one attached hydrogen (secondary N) is 1. The smallest absolute Gasteiger partial charge is 0.130 e. The van der Waals surface area contributed by atoms with Crippen molar-refractivity contribution in [1.82, 2.24) is 0 Å². The molecule has 1 rings (SSSR count). The molecule has 0 aliphatic carbocycles. The maximum Gasteiger partial charge on any atom is 0.130 e. The number of halogens is 1. The molecule has 0 fully saturated rings. The zero-order chi connectivity index (χ0) is 9.52. The molecular formula is C10H11ClN2. The lowest BCUT2D eigenvalue weighted by Gasteiger charge is -1.99. The Labute approximate surface area is 82.9 Å². The van der Waals surface area contributed by atoms with E-state index < -0.39 is 0 Å². The van der Waals surface area contributed by atoms with Gasteiger partial charge in [0.15, 0.2) is 0 Å². The third-order valence-corrected chi connectivity index (χ3v) is 1.63. The zero-order valence-corrected chi connectivity index (χ0v) is 7.96. The van der Waals surface area contributed by atoms with Crippen molar-refractivity contribution in [2.45, 2.75) is 6.42 Å². The summed E-state index contributed by atoms with van der Waals surface area (Å²) < 4.78 is 0. The van der Waals surface area contributed by atoms with Crippen LogP contribution in [0, 0.1) is 0 Å². The molecule has 0 aliphatic heterocycles. The highest BCUT2D eigenvalue weighted by atomic mass is 35.5. The average molecular weight is 195 g/mol. The van der Waals surface area contributed by atoms with Crippen molar-refractivity contribution in [2.75, 3.05) is 5.43 Å². The number of para-hydroxylation sites is 1. The third kappa shape index (κ3) is 3.76. The van der Waals surface area contributed by atoms with Crippen LogP contribution in [0.4, 0.5) is 5.69 Å². The van der Waals surface area contributed by atoms with Crippen molar-refractivity contribution in [3.05, 3.63) is 43.0 Å². The van der Waals surface area contributed by atoms with Gasteiger partial charge in [0.25, 0.3) is 0 Å². The zero-order valence-electron chi connectivity index (χ0n) is 7.20. The van der Waals surface area contributed by atoms with E-state index in [1.165, 1.54) is 0 Å². The molecule has 0 amide bonds. The normalized spacial score (nSPS) is 11.0. The first-order valence-corrected chi connectivity index (χ1v) is 4.34. The maximum absolute atomic E-state index is 5.75. The lowest BCUT2D eigenvalue weighted by Crippen LogP contribution is -1.93. The van der Waals surface area contributed by atoms with Crippen LogP contribution < -0.4 is 5.43 Å². The fraction of sp³-hybridized carbons (Fsp3) is 0.100. The molecule has 0 unspecified atom stereocenters. The molecule has 0 aliphatic rings. The molecule has 0 aromatic heterocycles. The average Bonchev–Trinajstić information content (AvgIpc) is 2.17. The Morgan fingerprint density at radius 3 is 2.77 bits per heavy atom. The van der Waals surface area contributed by atoms with Crippen molar-refractivity contribution in [3.8, 4) is 0 Å². The van der Waals surface area contributed by atoms with Crippen LogP contribution in [0.3, 0.4) is 0 Å². The molecule has 0 spiro atoms. The summed E-state index contributed by atoms with van der Waals surface area (Å²) in [5.41, 5.74) is 3.76. The highest BCUT2D eigenvalue weighted by Gasteiger charge is 1.89. The molecule has 0 heterocycles. The van der Waals surface area contributed by atoms with Crippen LogP contribution >= 0.6 is 11.6 Å². The molecule has 13 heavy (non-hydrogen) atoms. The number of allylic oxidation sites excluding steroid dienone is 1. The van der Waals surface area contributed by atoms with Crippen molar-refractivity contribution < 1.29 is 0 Å². The quantitative estimate of drug-likeness (QED) is 0.444. The first-order chi connectivity index (χ1) is 6.33. The molecule has 0 bridgehead atoms. The lowest BCUT2D eigenvalue weighted by molar-refractivity contribution is 1.32. The van der Waals surface area contributed by atoms with E-state index in [2.05, 4.69) is 17.1 Å². The minimum absolute atomic E-state index is 0.499. The van der Waals surface area contributed by atoms with Gasteiger partial charge >= 0.3 is 0 Å². The summed E-state index contributed by atoms with van der Waals surface area (Å²) in [6.45, 7) is 3.56. The fourth-order valence-corrected chi connectivity index (χ4v) is 0.954. The molecule has 0 saturated carbocycles. The van der Waals surface area contributed by atoms with E-state index >= 15 is 0 Å². The molecule has 0 radical (unpaired) electrons. The van der Waals surface area contributed by atoms with Crippen molar-refractivity contribution in [1.29, 1.82) is 0 Å². The van der Waals surface area contributed by atoms with E-state index in [1.807, 2.05) is 30.3 Å². The van der Waals surface area contributed by atoms with Gasteiger partial charge < -0.3 is 0 Å². The molecule has 2 nitrogen and oxygen atoms in total. The summed E-state index contributed by atoms with van der Waals surface area (Å²) in [5.74, 6) is 0. The molecule has 1 aromatic carbocycles. The Morgan fingerprint density at radius 2 is 2.15 bits per heavy atom. The monoisotopic (exact) mass is 194 g/mol. The molecule has 68 valence electrons. The fourth-order valence-electron chi connectivity index (χ4n) is 0.803. The van der Waals surface area contributed by atoms with Crippen LogP contribution in [0.5, 0.6) is 0 Å². The maximum atomic E-state index is 5.75. The Morgan fingerprint density at radius 1 is 1.46 bits per heavy atom. The van der Waals surface area contributed by atoms with Gasteiger partial charge in [-0.25, -0.2) is 0 Å². The van der Waals surface area contributed by atoms with Crippen molar-refractivity contribution >= 4 is 22.5 Å². The van der Waals surface area contributed by atoms with Crippen LogP contribution in [-0.4, -0.2) is 5.17 Å². The second-order valence-corrected chi connectivity index (χ2v) is 2.89. The Balaban J connectivity index is 2.51. The number of benzene rings is 1. The van der Waals surface area contributed by atoms with E-state index in [0.717, 1.165) is 5.69 Å². The van der Waals surface area contributed by atoms with Gasteiger partial charge in [-0.05, 0) is 12.1 Å². The SMILES string of the molecule is C=CC/C(Cl)=N/Nc1ccccc1. The van der Waals surface area contributed by atoms with Crippen molar-refractivity contribution in [3.63, 3.8) is 0 Å². The predicted molar refractivity (Wildman–Crippen MR) is 58.2 cm³/mol. The Bertz CT molecular complexity index is 293. The first kappa shape index (κ1) is 9.81. The number of rotatable bonds is 4. The number of hydrazone groups is 1. The molecule has 1 N–H and O–H groups in total. The lowest BCUT2D eigenvalue weighted by atomic mass is 10.3. The number of anilines is 1. The van der Waals surface area contributed by atoms with Crippen LogP contribution in [-0.2, 0) is 0 Å². The number of nitrogens with zero attached hydrogens (tertiary/aromatic N) is 1. The summed E-state index contributed by atoms with van der Waals surface area (Å²) in [4.78, 5) is 0. The summed E-state index contributed by atoms with van der Waals surface area (Å²) in [5, 5.41) is 4.44. The summed E-state index contributed by atoms with van der Waals surface area (Å²) in [6, 6.07) is 9.64. The molecule has 1 aromatic rings. The van der Waals surface area contributed by atoms with Crippen LogP contribution in [0.1, 0.15) is 6.42 Å². The van der Waals surface area contributed by atoms with Gasteiger partial charge in [0, 0.05) is 6.42 Å². The molecule has 0 atom stereocenters.